The molecule has 0 saturated carbocycles. The zero-order chi connectivity index (χ0) is 39.9. The minimum Gasteiger partial charge on any atom is -0.383 e. The molecule has 0 unspecified atom stereocenters. The van der Waals surface area contributed by atoms with E-state index < -0.39 is 0 Å². The minimum absolute atomic E-state index is 0. The molecule has 0 saturated heterocycles. The quantitative estimate of drug-likeness (QED) is 0.0934. The normalized spacial score (nSPS) is 15.6. The molecule has 0 spiro atoms. The first-order chi connectivity index (χ1) is 27.5. The Morgan fingerprint density at radius 3 is 1.81 bits per heavy atom. The summed E-state index contributed by atoms with van der Waals surface area (Å²) >= 11 is 0. The maximum atomic E-state index is 10.5. The molecule has 4 N–H and O–H groups in total. The molecular weight excluding hydrogens is 770 g/mol. The Morgan fingerprint density at radius 1 is 0.614 bits per heavy atom. The minimum atomic E-state index is 0. The average molecular weight is 818 g/mol. The van der Waals surface area contributed by atoms with Crippen LogP contribution in [0.3, 0.4) is 0 Å². The molecule has 0 aliphatic carbocycles. The third-order valence-electron chi connectivity index (χ3n) is 9.23. The van der Waals surface area contributed by atoms with Crippen molar-refractivity contribution in [3.8, 4) is 24.3 Å². The second-order valence-corrected chi connectivity index (χ2v) is 13.4. The maximum Gasteiger partial charge on any atom is 2.00 e. The van der Waals surface area contributed by atoms with E-state index in [0.717, 1.165) is 77.0 Å². The van der Waals surface area contributed by atoms with Crippen LogP contribution in [0, 0.1) is 45.3 Å². The molecule has 3 aliphatic heterocycles. The van der Waals surface area contributed by atoms with Crippen molar-refractivity contribution in [1.29, 1.82) is 21.0 Å². The van der Waals surface area contributed by atoms with Gasteiger partial charge in [-0.3, -0.25) is 9.98 Å². The van der Waals surface area contributed by atoms with E-state index in [1.807, 2.05) is 0 Å². The van der Waals surface area contributed by atoms with E-state index in [0.29, 0.717) is 37.6 Å². The van der Waals surface area contributed by atoms with Crippen molar-refractivity contribution in [3.63, 3.8) is 0 Å². The number of nitrogens with zero attached hydrogens (tertiary/aromatic N) is 12. The van der Waals surface area contributed by atoms with Crippen molar-refractivity contribution < 1.29 is 19.5 Å². The molecule has 3 aliphatic rings. The zero-order valence-electron chi connectivity index (χ0n) is 33.4. The second kappa shape index (κ2) is 22.0. The van der Waals surface area contributed by atoms with Crippen LogP contribution in [0.2, 0.25) is 0 Å². The summed E-state index contributed by atoms with van der Waals surface area (Å²) in [5.74, 6) is 0.622. The van der Waals surface area contributed by atoms with E-state index in [2.05, 4.69) is 72.9 Å². The Balaban J connectivity index is 0.00000720. The van der Waals surface area contributed by atoms with Gasteiger partial charge in [0.05, 0.1) is 50.9 Å². The SMILES string of the molecule is CCCCCN=C1C2=NC3=C(C#N)C(=NCCCCC)C(=Nc4[n-]c(c(NCCCCC)c4C#N)N=c4[nH]c(c(NCCCCC)c4C#N)=NC(=C1C#N)[N-]2)N3.[Zn+2]. The van der Waals surface area contributed by atoms with Gasteiger partial charge in [-0.15, -0.1) is 0 Å². The summed E-state index contributed by atoms with van der Waals surface area (Å²) in [6.45, 7) is 10.4. The largest absolute Gasteiger partial charge is 2.00 e. The number of nitrogens with one attached hydrogen (secondary N) is 4. The van der Waals surface area contributed by atoms with Gasteiger partial charge in [0.25, 0.3) is 0 Å². The number of unbranched alkanes of at least 4 members (excludes halogenated alkanes) is 8. The number of nitriles is 4. The van der Waals surface area contributed by atoms with Gasteiger partial charge in [0.1, 0.15) is 41.1 Å². The Hall–Kier alpha value is -5.90. The van der Waals surface area contributed by atoms with Crippen LogP contribution in [0.15, 0.2) is 52.7 Å². The number of hydrogen-bond donors (Lipinski definition) is 4. The molecule has 5 rings (SSSR count). The van der Waals surface area contributed by atoms with Crippen molar-refractivity contribution in [3.05, 3.63) is 50.2 Å². The molecule has 0 amide bonds. The standard InChI is InChI=1S/C40H48N16.Zn/c1-5-9-13-17-45-29-25(21-41)33-49-37(29)53-34-26(22-42)30(46-18-14-10-6-2)39(50-34)55-36-28(24-44)32(48-20-16-12-8-4)40(52-36)56-35-27(23-43)31(38(51-35)54-33)47-19-15-11-7-3;/h45-46H,5-20H2,1-4H3,(H2-,50,51,52,53,54,55,56);/q-2;+2. The summed E-state index contributed by atoms with van der Waals surface area (Å²) in [4.78, 5) is 36.7. The van der Waals surface area contributed by atoms with Crippen molar-refractivity contribution in [2.75, 3.05) is 36.8 Å². The Morgan fingerprint density at radius 2 is 1.21 bits per heavy atom. The van der Waals surface area contributed by atoms with E-state index in [4.69, 9.17) is 40.3 Å². The second-order valence-electron chi connectivity index (χ2n) is 13.4. The van der Waals surface area contributed by atoms with Gasteiger partial charge >= 0.3 is 19.5 Å². The third kappa shape index (κ3) is 10.3. The number of aromatic amines is 1. The van der Waals surface area contributed by atoms with Crippen LogP contribution in [0.25, 0.3) is 5.32 Å². The smallest absolute Gasteiger partial charge is 0.383 e. The Labute approximate surface area is 346 Å². The number of amidine groups is 2. The summed E-state index contributed by atoms with van der Waals surface area (Å²) in [5.41, 5.74) is 2.21. The first-order valence-corrected chi connectivity index (χ1v) is 19.7. The van der Waals surface area contributed by atoms with Crippen LogP contribution < -0.4 is 31.9 Å². The molecule has 0 atom stereocenters. The summed E-state index contributed by atoms with van der Waals surface area (Å²) < 4.78 is 0. The van der Waals surface area contributed by atoms with Gasteiger partial charge in [-0.05, 0) is 25.7 Å². The van der Waals surface area contributed by atoms with E-state index in [-0.39, 0.29) is 99.1 Å². The van der Waals surface area contributed by atoms with Crippen molar-refractivity contribution in [2.24, 2.45) is 30.0 Å². The van der Waals surface area contributed by atoms with Crippen molar-refractivity contribution in [2.45, 2.75) is 105 Å². The molecule has 2 aromatic heterocycles. The molecule has 16 nitrogen and oxygen atoms in total. The van der Waals surface area contributed by atoms with E-state index in [9.17, 15) is 21.0 Å². The fraction of sp³-hybridized carbons (Fsp3) is 0.500. The molecule has 0 aromatic carbocycles. The van der Waals surface area contributed by atoms with Crippen LogP contribution in [0.1, 0.15) is 116 Å². The zero-order valence-corrected chi connectivity index (χ0v) is 36.4. The first kappa shape index (κ1) is 43.8. The topological polar surface area (TPSA) is 249 Å². The summed E-state index contributed by atoms with van der Waals surface area (Å²) in [6, 6.07) is 9.00. The van der Waals surface area contributed by atoms with Gasteiger partial charge in [0.2, 0.25) is 0 Å². The fourth-order valence-corrected chi connectivity index (χ4v) is 6.23. The molecule has 0 fully saturated rings. The van der Waals surface area contributed by atoms with Crippen molar-refractivity contribution in [1.82, 2.24) is 15.3 Å². The van der Waals surface area contributed by atoms with Crippen molar-refractivity contribution >= 4 is 46.1 Å². The van der Waals surface area contributed by atoms with Crippen LogP contribution >= 0.6 is 0 Å². The number of rotatable bonds is 18. The molecule has 17 heteroatoms. The predicted molar refractivity (Wildman–Crippen MR) is 218 cm³/mol. The number of anilines is 2. The number of aromatic nitrogens is 2. The van der Waals surface area contributed by atoms with Crippen LogP contribution in [-0.4, -0.2) is 54.3 Å². The van der Waals surface area contributed by atoms with Gasteiger partial charge in [-0.2, -0.15) is 21.0 Å². The number of aliphatic imine (C=N–C) groups is 4. The molecule has 2 aromatic rings. The van der Waals surface area contributed by atoms with E-state index >= 15 is 0 Å². The molecule has 57 heavy (non-hydrogen) atoms. The van der Waals surface area contributed by atoms with Gasteiger partial charge in [-0.1, -0.05) is 79.1 Å². The average Bonchev–Trinajstić information content (AvgIpc) is 3.91. The Kier molecular flexibility index (Phi) is 16.9. The maximum absolute atomic E-state index is 10.5. The predicted octanol–water partition coefficient (Wildman–Crippen LogP) is 6.65. The summed E-state index contributed by atoms with van der Waals surface area (Å²) in [6.07, 6.45) is 11.1. The molecule has 290 valence electrons. The Bertz CT molecular complexity index is 2270. The third-order valence-corrected chi connectivity index (χ3v) is 9.23. The number of fused-ring (bicyclic) bond motifs is 8. The monoisotopic (exact) mass is 816 g/mol. The van der Waals surface area contributed by atoms with Crippen LogP contribution in [-0.2, 0) is 19.5 Å². The van der Waals surface area contributed by atoms with Crippen LogP contribution in [0.5, 0.6) is 0 Å². The van der Waals surface area contributed by atoms with Gasteiger partial charge in [-0.25, -0.2) is 0 Å². The number of H-pyrrole nitrogens is 1. The van der Waals surface area contributed by atoms with Gasteiger partial charge in [0, 0.05) is 49.5 Å². The first-order valence-electron chi connectivity index (χ1n) is 19.7. The summed E-state index contributed by atoms with van der Waals surface area (Å²) in [7, 11) is 0. The van der Waals surface area contributed by atoms with Gasteiger partial charge in [0.15, 0.2) is 0 Å². The van der Waals surface area contributed by atoms with E-state index in [1.165, 1.54) is 0 Å². The molecule has 5 heterocycles. The summed E-state index contributed by atoms with van der Waals surface area (Å²) in [5, 5.41) is 56.7. The fourth-order valence-electron chi connectivity index (χ4n) is 6.23. The molecule has 0 radical (unpaired) electrons. The van der Waals surface area contributed by atoms with E-state index in [1.54, 1.807) is 0 Å². The number of hydrogen-bond acceptors (Lipinski definition) is 13. The van der Waals surface area contributed by atoms with Gasteiger partial charge < -0.3 is 51.2 Å². The van der Waals surface area contributed by atoms with Crippen LogP contribution in [0.4, 0.5) is 23.0 Å². The molecular formula is C40H48N16Zn. The molecule has 8 bridgehead atoms.